The van der Waals surface area contributed by atoms with Gasteiger partial charge in [-0.3, -0.25) is 4.79 Å². The summed E-state index contributed by atoms with van der Waals surface area (Å²) < 4.78 is 5.55. The fourth-order valence-electron chi connectivity index (χ4n) is 0.660. The average molecular weight is 287 g/mol. The van der Waals surface area contributed by atoms with E-state index in [-0.39, 0.29) is 5.97 Å². The number of rotatable bonds is 1. The standard InChI is InChI=1S/C6H5Br.C5H8O2.C2H6/c7-6-4-2-1-3-5-6;1-4(2)7-5(3)6;1-2/h1-5H;1H2,2-3H3;1-2H3. The van der Waals surface area contributed by atoms with E-state index >= 15 is 0 Å². The molecule has 1 aromatic carbocycles. The van der Waals surface area contributed by atoms with Crippen molar-refractivity contribution in [2.75, 3.05) is 0 Å². The molecule has 0 amide bonds. The minimum absolute atomic E-state index is 0.312. The Balaban J connectivity index is 0. The van der Waals surface area contributed by atoms with Crippen LogP contribution in [-0.2, 0) is 9.53 Å². The van der Waals surface area contributed by atoms with E-state index in [1.165, 1.54) is 6.92 Å². The summed E-state index contributed by atoms with van der Waals surface area (Å²) >= 11 is 3.31. The molecule has 0 heterocycles. The molecule has 0 saturated carbocycles. The van der Waals surface area contributed by atoms with Gasteiger partial charge in [0.15, 0.2) is 0 Å². The van der Waals surface area contributed by atoms with Crippen molar-refractivity contribution in [2.45, 2.75) is 27.7 Å². The van der Waals surface area contributed by atoms with Crippen LogP contribution < -0.4 is 0 Å². The molecule has 0 atom stereocenters. The molecule has 0 saturated heterocycles. The molecule has 0 aromatic heterocycles. The molecule has 0 fully saturated rings. The molecule has 0 N–H and O–H groups in total. The number of benzene rings is 1. The van der Waals surface area contributed by atoms with E-state index in [4.69, 9.17) is 0 Å². The van der Waals surface area contributed by atoms with Crippen molar-refractivity contribution in [3.05, 3.63) is 47.1 Å². The summed E-state index contributed by atoms with van der Waals surface area (Å²) in [6.45, 7) is 10.3. The molecule has 0 aliphatic rings. The Morgan fingerprint density at radius 2 is 1.62 bits per heavy atom. The van der Waals surface area contributed by atoms with Gasteiger partial charge in [0.2, 0.25) is 0 Å². The van der Waals surface area contributed by atoms with E-state index in [0.717, 1.165) is 4.47 Å². The van der Waals surface area contributed by atoms with Gasteiger partial charge >= 0.3 is 5.97 Å². The minimum Gasteiger partial charge on any atom is -0.432 e. The number of carbonyl (C=O) groups excluding carboxylic acids is 1. The number of esters is 1. The van der Waals surface area contributed by atoms with Crippen LogP contribution in [0.15, 0.2) is 47.1 Å². The van der Waals surface area contributed by atoms with Gasteiger partial charge in [-0.1, -0.05) is 54.6 Å². The molecule has 16 heavy (non-hydrogen) atoms. The second-order valence-corrected chi connectivity index (χ2v) is 3.51. The molecule has 0 aliphatic heterocycles. The van der Waals surface area contributed by atoms with Gasteiger partial charge in [0, 0.05) is 11.4 Å². The predicted octanol–water partition coefficient (Wildman–Crippen LogP) is 4.56. The van der Waals surface area contributed by atoms with Gasteiger partial charge in [-0.05, 0) is 19.1 Å². The van der Waals surface area contributed by atoms with Gasteiger partial charge in [-0.2, -0.15) is 0 Å². The fraction of sp³-hybridized carbons (Fsp3) is 0.308. The Morgan fingerprint density at radius 3 is 1.75 bits per heavy atom. The van der Waals surface area contributed by atoms with Gasteiger partial charge < -0.3 is 4.74 Å². The first-order chi connectivity index (χ1) is 7.52. The van der Waals surface area contributed by atoms with Crippen molar-refractivity contribution in [1.82, 2.24) is 0 Å². The van der Waals surface area contributed by atoms with Crippen LogP contribution in [0.25, 0.3) is 0 Å². The van der Waals surface area contributed by atoms with Crippen LogP contribution in [0.1, 0.15) is 27.7 Å². The predicted molar refractivity (Wildman–Crippen MR) is 72.1 cm³/mol. The summed E-state index contributed by atoms with van der Waals surface area (Å²) in [4.78, 5) is 9.97. The number of hydrogen-bond donors (Lipinski definition) is 0. The van der Waals surface area contributed by atoms with Crippen LogP contribution in [0, 0.1) is 0 Å². The number of allylic oxidation sites excluding steroid dienone is 1. The van der Waals surface area contributed by atoms with Crippen molar-refractivity contribution in [1.29, 1.82) is 0 Å². The van der Waals surface area contributed by atoms with Gasteiger partial charge in [0.1, 0.15) is 0 Å². The van der Waals surface area contributed by atoms with Crippen molar-refractivity contribution in [2.24, 2.45) is 0 Å². The van der Waals surface area contributed by atoms with E-state index in [0.29, 0.717) is 5.76 Å². The van der Waals surface area contributed by atoms with Crippen molar-refractivity contribution in [3.8, 4) is 0 Å². The smallest absolute Gasteiger partial charge is 0.307 e. The summed E-state index contributed by atoms with van der Waals surface area (Å²) in [5.74, 6) is 0.125. The maximum absolute atomic E-state index is 9.97. The number of hydrogen-bond acceptors (Lipinski definition) is 2. The quantitative estimate of drug-likeness (QED) is 0.559. The molecule has 1 rings (SSSR count). The Kier molecular flexibility index (Phi) is 13.0. The zero-order chi connectivity index (χ0) is 13.0. The lowest BCUT2D eigenvalue weighted by atomic mass is 10.4. The zero-order valence-electron chi connectivity index (χ0n) is 10.3. The monoisotopic (exact) mass is 286 g/mol. The van der Waals surface area contributed by atoms with Gasteiger partial charge in [0.05, 0.1) is 5.76 Å². The maximum atomic E-state index is 9.97. The molecule has 0 radical (unpaired) electrons. The Morgan fingerprint density at radius 1 is 1.19 bits per heavy atom. The van der Waals surface area contributed by atoms with Crippen LogP contribution in [0.2, 0.25) is 0 Å². The summed E-state index contributed by atoms with van der Waals surface area (Å²) in [6, 6.07) is 9.97. The van der Waals surface area contributed by atoms with Crippen molar-refractivity contribution in [3.63, 3.8) is 0 Å². The number of ether oxygens (including phenoxy) is 1. The van der Waals surface area contributed by atoms with Crippen LogP contribution in [-0.4, -0.2) is 5.97 Å². The van der Waals surface area contributed by atoms with Gasteiger partial charge in [0.25, 0.3) is 0 Å². The third-order valence-electron chi connectivity index (χ3n) is 1.05. The van der Waals surface area contributed by atoms with E-state index in [9.17, 15) is 4.79 Å². The molecular formula is C13H19BrO2. The summed E-state index contributed by atoms with van der Waals surface area (Å²) in [5.41, 5.74) is 0. The van der Waals surface area contributed by atoms with Crippen molar-refractivity contribution >= 4 is 21.9 Å². The summed E-state index contributed by atoms with van der Waals surface area (Å²) in [6.07, 6.45) is 0. The summed E-state index contributed by atoms with van der Waals surface area (Å²) in [7, 11) is 0. The summed E-state index contributed by atoms with van der Waals surface area (Å²) in [5, 5.41) is 0. The lowest BCUT2D eigenvalue weighted by Crippen LogP contribution is -1.93. The average Bonchev–Trinajstić information content (AvgIpc) is 2.20. The van der Waals surface area contributed by atoms with Crippen LogP contribution in [0.3, 0.4) is 0 Å². The van der Waals surface area contributed by atoms with Crippen LogP contribution >= 0.6 is 15.9 Å². The molecule has 2 nitrogen and oxygen atoms in total. The minimum atomic E-state index is -0.312. The normalized spacial score (nSPS) is 7.56. The molecule has 1 aromatic rings. The number of halogens is 1. The van der Waals surface area contributed by atoms with Gasteiger partial charge in [-0.25, -0.2) is 0 Å². The largest absolute Gasteiger partial charge is 0.432 e. The lowest BCUT2D eigenvalue weighted by molar-refractivity contribution is -0.136. The third kappa shape index (κ3) is 15.4. The van der Waals surface area contributed by atoms with E-state index in [2.05, 4.69) is 27.2 Å². The van der Waals surface area contributed by atoms with Gasteiger partial charge in [-0.15, -0.1) is 0 Å². The highest BCUT2D eigenvalue weighted by Crippen LogP contribution is 2.05. The zero-order valence-corrected chi connectivity index (χ0v) is 11.9. The highest BCUT2D eigenvalue weighted by atomic mass is 79.9. The first-order valence-electron chi connectivity index (χ1n) is 5.07. The Bertz CT molecular complexity index is 282. The molecular weight excluding hydrogens is 268 g/mol. The maximum Gasteiger partial charge on any atom is 0.307 e. The lowest BCUT2D eigenvalue weighted by Gasteiger charge is -1.93. The topological polar surface area (TPSA) is 26.3 Å². The third-order valence-corrected chi connectivity index (χ3v) is 1.58. The highest BCUT2D eigenvalue weighted by Gasteiger charge is 1.87. The van der Waals surface area contributed by atoms with E-state index in [1.54, 1.807) is 6.92 Å². The number of carbonyl (C=O) groups is 1. The first kappa shape index (κ1) is 17.3. The van der Waals surface area contributed by atoms with Crippen molar-refractivity contribution < 1.29 is 9.53 Å². The molecule has 3 heteroatoms. The van der Waals surface area contributed by atoms with Crippen LogP contribution in [0.4, 0.5) is 0 Å². The fourth-order valence-corrected chi connectivity index (χ4v) is 0.965. The molecule has 0 aliphatic carbocycles. The van der Waals surface area contributed by atoms with E-state index < -0.39 is 0 Å². The molecule has 90 valence electrons. The molecule has 0 unspecified atom stereocenters. The van der Waals surface area contributed by atoms with E-state index in [1.807, 2.05) is 44.2 Å². The Labute approximate surface area is 106 Å². The second-order valence-electron chi connectivity index (χ2n) is 2.59. The Hall–Kier alpha value is -1.09. The first-order valence-corrected chi connectivity index (χ1v) is 5.86. The van der Waals surface area contributed by atoms with Crippen LogP contribution in [0.5, 0.6) is 0 Å². The highest BCUT2D eigenvalue weighted by molar-refractivity contribution is 9.10. The molecule has 0 spiro atoms. The second kappa shape index (κ2) is 12.0. The molecule has 0 bridgehead atoms. The SMILES string of the molecule is Brc1ccccc1.C=C(C)OC(C)=O.CC.